The first kappa shape index (κ1) is 14.0. The van der Waals surface area contributed by atoms with Gasteiger partial charge in [-0.15, -0.1) is 0 Å². The van der Waals surface area contributed by atoms with Gasteiger partial charge in [0.05, 0.1) is 25.1 Å². The molecule has 20 heavy (non-hydrogen) atoms. The van der Waals surface area contributed by atoms with E-state index in [0.29, 0.717) is 13.2 Å². The van der Waals surface area contributed by atoms with Crippen molar-refractivity contribution in [3.63, 3.8) is 0 Å². The molecule has 0 spiro atoms. The van der Waals surface area contributed by atoms with Gasteiger partial charge in [0.2, 0.25) is 0 Å². The number of hydrogen-bond donors (Lipinski definition) is 0. The Hall–Kier alpha value is -0.960. The van der Waals surface area contributed by atoms with Crippen molar-refractivity contribution in [3.05, 3.63) is 12.5 Å². The zero-order valence-corrected chi connectivity index (χ0v) is 12.4. The molecule has 0 amide bonds. The van der Waals surface area contributed by atoms with Crippen LogP contribution in [0.4, 0.5) is 0 Å². The molecule has 2 aliphatic rings. The zero-order chi connectivity index (χ0) is 14.3. The van der Waals surface area contributed by atoms with Gasteiger partial charge in [0.1, 0.15) is 6.10 Å². The van der Waals surface area contributed by atoms with Crippen LogP contribution in [0.1, 0.15) is 12.8 Å². The molecule has 1 aliphatic heterocycles. The Morgan fingerprint density at radius 3 is 2.90 bits per heavy atom. The average molecular weight is 301 g/mol. The van der Waals surface area contributed by atoms with E-state index in [9.17, 15) is 8.42 Å². The topological polar surface area (TPSA) is 73.7 Å². The Bertz CT molecular complexity index is 585. The van der Waals surface area contributed by atoms with Gasteiger partial charge in [-0.3, -0.25) is 0 Å². The molecule has 0 unspecified atom stereocenters. The van der Waals surface area contributed by atoms with E-state index in [-0.39, 0.29) is 23.3 Å². The van der Waals surface area contributed by atoms with E-state index in [0.717, 1.165) is 12.8 Å². The minimum Gasteiger partial charge on any atom is -0.379 e. The first-order chi connectivity index (χ1) is 9.54. The fraction of sp³-hybridized carbons (Fsp3) is 0.750. The Labute approximate surface area is 118 Å². The minimum atomic E-state index is -3.56. The maximum absolute atomic E-state index is 12.7. The van der Waals surface area contributed by atoms with Gasteiger partial charge in [-0.2, -0.15) is 4.31 Å². The number of ether oxygens (including phenoxy) is 2. The molecule has 1 aromatic heterocycles. The van der Waals surface area contributed by atoms with E-state index in [1.807, 2.05) is 0 Å². The fourth-order valence-corrected chi connectivity index (χ4v) is 4.69. The molecular weight excluding hydrogens is 282 g/mol. The molecule has 1 aromatic rings. The van der Waals surface area contributed by atoms with Gasteiger partial charge >= 0.3 is 0 Å². The van der Waals surface area contributed by atoms with E-state index >= 15 is 0 Å². The summed E-state index contributed by atoms with van der Waals surface area (Å²) in [4.78, 5) is 3.98. The summed E-state index contributed by atoms with van der Waals surface area (Å²) in [6.45, 7) is 0.767. The van der Waals surface area contributed by atoms with Crippen molar-refractivity contribution in [1.29, 1.82) is 0 Å². The monoisotopic (exact) mass is 301 g/mol. The summed E-state index contributed by atoms with van der Waals surface area (Å²) in [6, 6.07) is -0.152. The molecule has 0 radical (unpaired) electrons. The lowest BCUT2D eigenvalue weighted by atomic mass is 10.2. The molecule has 3 rings (SSSR count). The van der Waals surface area contributed by atoms with Crippen LogP contribution in [0.2, 0.25) is 0 Å². The van der Waals surface area contributed by atoms with E-state index in [1.54, 1.807) is 18.7 Å². The summed E-state index contributed by atoms with van der Waals surface area (Å²) >= 11 is 0. The highest BCUT2D eigenvalue weighted by molar-refractivity contribution is 7.89. The summed E-state index contributed by atoms with van der Waals surface area (Å²) < 4.78 is 39.7. The highest BCUT2D eigenvalue weighted by atomic mass is 32.2. The van der Waals surface area contributed by atoms with E-state index in [1.165, 1.54) is 16.8 Å². The van der Waals surface area contributed by atoms with Crippen LogP contribution < -0.4 is 0 Å². The molecule has 0 bridgehead atoms. The molecule has 3 atom stereocenters. The molecule has 0 aromatic carbocycles. The van der Waals surface area contributed by atoms with E-state index in [2.05, 4.69) is 4.98 Å². The van der Waals surface area contributed by atoms with Crippen LogP contribution in [0.15, 0.2) is 17.6 Å². The minimum absolute atomic E-state index is 0.0262. The number of morpholine rings is 1. The first-order valence-electron chi connectivity index (χ1n) is 6.68. The molecule has 2 heterocycles. The van der Waals surface area contributed by atoms with Crippen molar-refractivity contribution in [2.45, 2.75) is 36.1 Å². The van der Waals surface area contributed by atoms with E-state index in [4.69, 9.17) is 9.47 Å². The fourth-order valence-electron chi connectivity index (χ4n) is 3.07. The van der Waals surface area contributed by atoms with Crippen molar-refractivity contribution in [2.24, 2.45) is 7.05 Å². The lowest BCUT2D eigenvalue weighted by Gasteiger charge is -2.37. The number of sulfonamides is 1. The number of methoxy groups -OCH3 is 1. The van der Waals surface area contributed by atoms with Crippen LogP contribution in [0.25, 0.3) is 0 Å². The molecule has 112 valence electrons. The normalized spacial score (nSPS) is 31.4. The molecule has 1 saturated heterocycles. The van der Waals surface area contributed by atoms with Gasteiger partial charge in [-0.25, -0.2) is 13.4 Å². The van der Waals surface area contributed by atoms with Crippen molar-refractivity contribution in [2.75, 3.05) is 20.3 Å². The van der Waals surface area contributed by atoms with E-state index < -0.39 is 10.0 Å². The number of rotatable bonds is 3. The summed E-state index contributed by atoms with van der Waals surface area (Å²) in [5.74, 6) is 0. The lowest BCUT2D eigenvalue weighted by molar-refractivity contribution is -0.0848. The van der Waals surface area contributed by atoms with Gasteiger partial charge < -0.3 is 14.0 Å². The molecule has 2 fully saturated rings. The number of aryl methyl sites for hydroxylation is 1. The van der Waals surface area contributed by atoms with Gasteiger partial charge in [0.25, 0.3) is 10.0 Å². The highest BCUT2D eigenvalue weighted by Gasteiger charge is 2.47. The number of nitrogens with zero attached hydrogens (tertiary/aromatic N) is 3. The molecule has 8 heteroatoms. The standard InChI is InChI=1S/C12H19N3O4S/c1-14-7-11(13-8-14)20(16,17)15-5-6-19-12-9(15)3-4-10(12)18-2/h7-10,12H,3-6H2,1-2H3/t9-,10-,12+/m0/s1. The van der Waals surface area contributed by atoms with Crippen LogP contribution >= 0.6 is 0 Å². The average Bonchev–Trinajstić information content (AvgIpc) is 3.04. The van der Waals surface area contributed by atoms with Crippen LogP contribution in [-0.4, -0.2) is 60.8 Å². The third-order valence-corrected chi connectivity index (χ3v) is 5.85. The Kier molecular flexibility index (Phi) is 3.57. The highest BCUT2D eigenvalue weighted by Crippen LogP contribution is 2.34. The quantitative estimate of drug-likeness (QED) is 0.785. The smallest absolute Gasteiger partial charge is 0.262 e. The number of imidazole rings is 1. The second-order valence-corrected chi connectivity index (χ2v) is 7.08. The van der Waals surface area contributed by atoms with Crippen molar-refractivity contribution in [1.82, 2.24) is 13.9 Å². The van der Waals surface area contributed by atoms with Crippen molar-refractivity contribution in [3.8, 4) is 0 Å². The Balaban J connectivity index is 1.90. The van der Waals surface area contributed by atoms with Crippen LogP contribution in [0.3, 0.4) is 0 Å². The number of aromatic nitrogens is 2. The molecule has 1 saturated carbocycles. The maximum Gasteiger partial charge on any atom is 0.262 e. The van der Waals surface area contributed by atoms with Gasteiger partial charge in [0.15, 0.2) is 5.03 Å². The Morgan fingerprint density at radius 1 is 1.45 bits per heavy atom. The number of fused-ring (bicyclic) bond motifs is 1. The third kappa shape index (κ3) is 2.16. The van der Waals surface area contributed by atoms with Gasteiger partial charge in [-0.1, -0.05) is 0 Å². The maximum atomic E-state index is 12.7. The summed E-state index contributed by atoms with van der Waals surface area (Å²) in [6.07, 6.45) is 4.41. The molecule has 1 aliphatic carbocycles. The largest absolute Gasteiger partial charge is 0.379 e. The predicted octanol–water partition coefficient (Wildman–Crippen LogP) is -0.0130. The summed E-state index contributed by atoms with van der Waals surface area (Å²) in [7, 11) is -0.165. The molecular formula is C12H19N3O4S. The van der Waals surface area contributed by atoms with Crippen LogP contribution in [-0.2, 0) is 26.5 Å². The van der Waals surface area contributed by atoms with Gasteiger partial charge in [0, 0.05) is 26.9 Å². The first-order valence-corrected chi connectivity index (χ1v) is 8.12. The number of hydrogen-bond acceptors (Lipinski definition) is 5. The second-order valence-electron chi connectivity index (χ2n) is 5.25. The van der Waals surface area contributed by atoms with Gasteiger partial charge in [-0.05, 0) is 12.8 Å². The Morgan fingerprint density at radius 2 is 2.25 bits per heavy atom. The molecule has 0 N–H and O–H groups in total. The lowest BCUT2D eigenvalue weighted by Crippen LogP contribution is -2.53. The van der Waals surface area contributed by atoms with Crippen molar-refractivity contribution < 1.29 is 17.9 Å². The van der Waals surface area contributed by atoms with Crippen LogP contribution in [0, 0.1) is 0 Å². The zero-order valence-electron chi connectivity index (χ0n) is 11.6. The molecule has 7 nitrogen and oxygen atoms in total. The second kappa shape index (κ2) is 5.10. The van der Waals surface area contributed by atoms with Crippen LogP contribution in [0.5, 0.6) is 0 Å². The van der Waals surface area contributed by atoms with Crippen molar-refractivity contribution >= 4 is 10.0 Å². The summed E-state index contributed by atoms with van der Waals surface area (Å²) in [5.41, 5.74) is 0. The summed E-state index contributed by atoms with van der Waals surface area (Å²) in [5, 5.41) is 0.0986. The SMILES string of the molecule is CO[C@H]1CC[C@H]2[C@H]1OCCN2S(=O)(=O)c1cn(C)cn1. The third-order valence-electron chi connectivity index (χ3n) is 4.04. The predicted molar refractivity (Wildman–Crippen MR) is 70.7 cm³/mol.